The van der Waals surface area contributed by atoms with E-state index in [1.807, 2.05) is 62.4 Å². The van der Waals surface area contributed by atoms with Gasteiger partial charge in [0.25, 0.3) is 0 Å². The van der Waals surface area contributed by atoms with Crippen LogP contribution in [0.4, 0.5) is 11.4 Å². The molecular weight excluding hydrogens is 402 g/mol. The third kappa shape index (κ3) is 5.95. The number of nitrogens with one attached hydrogen (secondary N) is 2. The minimum Gasteiger partial charge on any atom is -0.497 e. The third-order valence-electron chi connectivity index (χ3n) is 5.22. The van der Waals surface area contributed by atoms with Gasteiger partial charge in [-0.1, -0.05) is 42.5 Å². The molecule has 0 saturated carbocycles. The van der Waals surface area contributed by atoms with Crippen molar-refractivity contribution in [2.75, 3.05) is 31.3 Å². The predicted molar refractivity (Wildman–Crippen MR) is 128 cm³/mol. The zero-order chi connectivity index (χ0) is 23.1. The van der Waals surface area contributed by atoms with E-state index in [0.29, 0.717) is 11.4 Å². The van der Waals surface area contributed by atoms with Crippen molar-refractivity contribution in [2.45, 2.75) is 19.9 Å². The molecule has 2 N–H and O–H groups in total. The molecule has 0 unspecified atom stereocenters. The van der Waals surface area contributed by atoms with Crippen LogP contribution >= 0.6 is 0 Å². The fourth-order valence-corrected chi connectivity index (χ4v) is 3.51. The number of anilines is 2. The zero-order valence-corrected chi connectivity index (χ0v) is 18.9. The Labute approximate surface area is 189 Å². The van der Waals surface area contributed by atoms with Crippen LogP contribution in [-0.4, -0.2) is 37.4 Å². The highest BCUT2D eigenvalue weighted by Gasteiger charge is 2.27. The van der Waals surface area contributed by atoms with Gasteiger partial charge in [0.15, 0.2) is 0 Å². The number of amides is 2. The van der Waals surface area contributed by atoms with Crippen LogP contribution in [0, 0.1) is 13.8 Å². The van der Waals surface area contributed by atoms with Crippen LogP contribution in [0.2, 0.25) is 0 Å². The first-order chi connectivity index (χ1) is 15.4. The molecular formula is C26H29N3O3. The maximum absolute atomic E-state index is 13.3. The maximum Gasteiger partial charge on any atom is 0.246 e. The minimum absolute atomic E-state index is 0.0474. The Kier molecular flexibility index (Phi) is 7.63. The van der Waals surface area contributed by atoms with Crippen molar-refractivity contribution in [3.05, 3.63) is 89.5 Å². The van der Waals surface area contributed by atoms with E-state index >= 15 is 0 Å². The van der Waals surface area contributed by atoms with Gasteiger partial charge in [-0.15, -0.1) is 0 Å². The average molecular weight is 432 g/mol. The molecule has 1 atom stereocenters. The van der Waals surface area contributed by atoms with Gasteiger partial charge in [-0.2, -0.15) is 0 Å². The maximum atomic E-state index is 13.3. The number of hydrogen-bond acceptors (Lipinski definition) is 4. The number of rotatable bonds is 8. The Morgan fingerprint density at radius 2 is 1.62 bits per heavy atom. The number of hydrogen-bond donors (Lipinski definition) is 2. The van der Waals surface area contributed by atoms with Crippen molar-refractivity contribution in [2.24, 2.45) is 0 Å². The number of ether oxygens (including phenoxy) is 1. The smallest absolute Gasteiger partial charge is 0.246 e. The minimum atomic E-state index is -0.627. The van der Waals surface area contributed by atoms with E-state index in [1.54, 1.807) is 43.3 Å². The molecule has 6 heteroatoms. The number of nitrogens with zero attached hydrogens (tertiary/aromatic N) is 1. The van der Waals surface area contributed by atoms with E-state index in [2.05, 4.69) is 10.6 Å². The van der Waals surface area contributed by atoms with Crippen molar-refractivity contribution >= 4 is 23.2 Å². The van der Waals surface area contributed by atoms with E-state index in [0.717, 1.165) is 22.4 Å². The molecule has 0 heterocycles. The molecule has 0 bridgehead atoms. The summed E-state index contributed by atoms with van der Waals surface area (Å²) in [5.74, 6) is 0.315. The van der Waals surface area contributed by atoms with Crippen LogP contribution in [0.15, 0.2) is 72.8 Å². The van der Waals surface area contributed by atoms with E-state index < -0.39 is 6.04 Å². The zero-order valence-electron chi connectivity index (χ0n) is 18.9. The molecule has 0 radical (unpaired) electrons. The number of benzene rings is 3. The van der Waals surface area contributed by atoms with Crippen LogP contribution in [0.5, 0.6) is 5.75 Å². The molecule has 2 amide bonds. The van der Waals surface area contributed by atoms with Gasteiger partial charge in [-0.25, -0.2) is 0 Å². The number of carbonyl (C=O) groups is 2. The van der Waals surface area contributed by atoms with Crippen molar-refractivity contribution < 1.29 is 14.3 Å². The van der Waals surface area contributed by atoms with Gasteiger partial charge >= 0.3 is 0 Å². The standard InChI is InChI=1S/C26H29N3O3/c1-18-10-11-19(2)23(16-18)28-26(31)25(20-8-6-5-7-9-20)29(3)17-24(30)27-21-12-14-22(32-4)15-13-21/h5-16,25H,17H2,1-4H3,(H,27,30)(H,28,31)/t25-/m1/s1. The second kappa shape index (κ2) is 10.6. The molecule has 6 nitrogen and oxygen atoms in total. The number of methoxy groups -OCH3 is 1. The van der Waals surface area contributed by atoms with Crippen molar-refractivity contribution in [3.63, 3.8) is 0 Å². The fourth-order valence-electron chi connectivity index (χ4n) is 3.51. The Morgan fingerprint density at radius 3 is 2.28 bits per heavy atom. The summed E-state index contributed by atoms with van der Waals surface area (Å²) in [4.78, 5) is 27.8. The quantitative estimate of drug-likeness (QED) is 0.548. The van der Waals surface area contributed by atoms with Gasteiger partial charge in [0.1, 0.15) is 11.8 Å². The van der Waals surface area contributed by atoms with Crippen LogP contribution in [0.25, 0.3) is 0 Å². The predicted octanol–water partition coefficient (Wildman–Crippen LogP) is 4.56. The number of aryl methyl sites for hydroxylation is 2. The van der Waals surface area contributed by atoms with E-state index in [4.69, 9.17) is 4.74 Å². The summed E-state index contributed by atoms with van der Waals surface area (Å²) in [6.45, 7) is 3.99. The van der Waals surface area contributed by atoms with Crippen LogP contribution < -0.4 is 15.4 Å². The fraction of sp³-hybridized carbons (Fsp3) is 0.231. The summed E-state index contributed by atoms with van der Waals surface area (Å²) < 4.78 is 5.14. The van der Waals surface area contributed by atoms with Gasteiger partial charge in [0.05, 0.1) is 13.7 Å². The Morgan fingerprint density at radius 1 is 0.938 bits per heavy atom. The van der Waals surface area contributed by atoms with Gasteiger partial charge in [-0.05, 0) is 67.9 Å². The lowest BCUT2D eigenvalue weighted by atomic mass is 10.0. The summed E-state index contributed by atoms with van der Waals surface area (Å²) in [6, 6.07) is 21.9. The highest BCUT2D eigenvalue weighted by molar-refractivity contribution is 5.97. The van der Waals surface area contributed by atoms with Crippen LogP contribution in [-0.2, 0) is 9.59 Å². The Bertz CT molecular complexity index is 1070. The van der Waals surface area contributed by atoms with Gasteiger partial charge in [-0.3, -0.25) is 14.5 Å². The first kappa shape index (κ1) is 23.0. The van der Waals surface area contributed by atoms with E-state index in [9.17, 15) is 9.59 Å². The molecule has 0 aromatic heterocycles. The molecule has 3 aromatic carbocycles. The number of carbonyl (C=O) groups excluding carboxylic acids is 2. The molecule has 32 heavy (non-hydrogen) atoms. The Balaban J connectivity index is 1.76. The Hall–Kier alpha value is -3.64. The van der Waals surface area contributed by atoms with Crippen molar-refractivity contribution in [3.8, 4) is 5.75 Å². The monoisotopic (exact) mass is 431 g/mol. The molecule has 0 aliphatic rings. The van der Waals surface area contributed by atoms with E-state index in [-0.39, 0.29) is 18.4 Å². The normalized spacial score (nSPS) is 11.7. The van der Waals surface area contributed by atoms with Gasteiger partial charge in [0, 0.05) is 11.4 Å². The lowest BCUT2D eigenvalue weighted by molar-refractivity contribution is -0.123. The van der Waals surface area contributed by atoms with Gasteiger partial charge in [0.2, 0.25) is 11.8 Å². The summed E-state index contributed by atoms with van der Waals surface area (Å²) in [6.07, 6.45) is 0. The molecule has 0 aliphatic heterocycles. The summed E-state index contributed by atoms with van der Waals surface area (Å²) >= 11 is 0. The van der Waals surface area contributed by atoms with Gasteiger partial charge < -0.3 is 15.4 Å². The van der Waals surface area contributed by atoms with E-state index in [1.165, 1.54) is 0 Å². The summed E-state index contributed by atoms with van der Waals surface area (Å²) in [7, 11) is 3.36. The SMILES string of the molecule is COc1ccc(NC(=O)CN(C)[C@@H](C(=O)Nc2cc(C)ccc2C)c2ccccc2)cc1. The molecule has 3 aromatic rings. The lowest BCUT2D eigenvalue weighted by Crippen LogP contribution is -2.39. The topological polar surface area (TPSA) is 70.7 Å². The summed E-state index contributed by atoms with van der Waals surface area (Å²) in [5, 5.41) is 5.91. The molecule has 0 saturated heterocycles. The first-order valence-electron chi connectivity index (χ1n) is 10.4. The second-order valence-electron chi connectivity index (χ2n) is 7.81. The molecule has 3 rings (SSSR count). The molecule has 0 aliphatic carbocycles. The summed E-state index contributed by atoms with van der Waals surface area (Å²) in [5.41, 5.74) is 4.30. The number of likely N-dealkylation sites (N-methyl/N-ethyl adjacent to an activating group) is 1. The van der Waals surface area contributed by atoms with Crippen molar-refractivity contribution in [1.29, 1.82) is 0 Å². The highest BCUT2D eigenvalue weighted by Crippen LogP contribution is 2.24. The molecule has 0 fully saturated rings. The average Bonchev–Trinajstić information content (AvgIpc) is 2.77. The largest absolute Gasteiger partial charge is 0.497 e. The first-order valence-corrected chi connectivity index (χ1v) is 10.4. The highest BCUT2D eigenvalue weighted by atomic mass is 16.5. The van der Waals surface area contributed by atoms with Crippen LogP contribution in [0.1, 0.15) is 22.7 Å². The molecule has 166 valence electrons. The van der Waals surface area contributed by atoms with Crippen molar-refractivity contribution in [1.82, 2.24) is 4.90 Å². The molecule has 0 spiro atoms. The second-order valence-corrected chi connectivity index (χ2v) is 7.81. The van der Waals surface area contributed by atoms with Crippen LogP contribution in [0.3, 0.4) is 0 Å². The lowest BCUT2D eigenvalue weighted by Gasteiger charge is -2.27. The third-order valence-corrected chi connectivity index (χ3v) is 5.22.